The molecule has 0 aromatic rings. The van der Waals surface area contributed by atoms with Gasteiger partial charge in [0, 0.05) is 0 Å². The topological polar surface area (TPSA) is 19.9 Å². The maximum Gasteiger partial charge on any atom is 0.103 e. The van der Waals surface area contributed by atoms with E-state index in [1.165, 1.54) is 0 Å². The van der Waals surface area contributed by atoms with Crippen LogP contribution in [0.1, 0.15) is 19.3 Å². The fourth-order valence-electron chi connectivity index (χ4n) is 0.569. The quantitative estimate of drug-likeness (QED) is 0.397. The second kappa shape index (κ2) is 5.57. The highest BCUT2D eigenvalue weighted by Gasteiger charge is 1.89. The molecule has 0 aromatic heterocycles. The highest BCUT2D eigenvalue weighted by Crippen LogP contribution is 2.03. The van der Waals surface area contributed by atoms with Crippen LogP contribution < -0.4 is 0 Å². The van der Waals surface area contributed by atoms with Crippen molar-refractivity contribution in [2.75, 3.05) is 6.61 Å². The fraction of sp³-hybridized carbons (Fsp3) is 0.500. The molecule has 0 spiro atoms. The molecule has 0 unspecified atom stereocenters. The first-order valence-corrected chi connectivity index (χ1v) is 3.17. The van der Waals surface area contributed by atoms with Crippen molar-refractivity contribution in [2.24, 2.45) is 0 Å². The highest BCUT2D eigenvalue weighted by atomic mass is 16.3. The maximum absolute atomic E-state index is 10.1. The van der Waals surface area contributed by atoms with Gasteiger partial charge in [-0.1, -0.05) is 12.7 Å². The van der Waals surface area contributed by atoms with Crippen LogP contribution in [0.25, 0.3) is 0 Å². The zero-order valence-corrected chi connectivity index (χ0v) is 5.73. The number of allylic oxidation sites excluding steroid dienone is 1. The van der Waals surface area contributed by atoms with E-state index in [-0.39, 0.29) is 6.61 Å². The van der Waals surface area contributed by atoms with Crippen molar-refractivity contribution < 1.29 is 5.11 Å². The van der Waals surface area contributed by atoms with Crippen molar-refractivity contribution in [1.82, 2.24) is 0 Å². The Balaban J connectivity index is 3.06. The second-order valence-corrected chi connectivity index (χ2v) is 2.08. The Labute approximate surface area is 56.7 Å². The van der Waals surface area contributed by atoms with Gasteiger partial charge in [-0.15, -0.1) is 6.58 Å². The van der Waals surface area contributed by atoms with E-state index in [0.29, 0.717) is 0 Å². The molecule has 0 N–H and O–H groups in total. The molecule has 0 heterocycles. The van der Waals surface area contributed by atoms with Crippen LogP contribution in [0.4, 0.5) is 0 Å². The van der Waals surface area contributed by atoms with E-state index >= 15 is 0 Å². The summed E-state index contributed by atoms with van der Waals surface area (Å²) in [5.41, 5.74) is 0.803. The maximum atomic E-state index is 10.1. The SMILES string of the molecule is C=CCCCC(=C)C[O]. The molecule has 0 aliphatic heterocycles. The molecule has 0 saturated heterocycles. The first-order valence-electron chi connectivity index (χ1n) is 3.17. The van der Waals surface area contributed by atoms with Crippen LogP contribution in [0, 0.1) is 0 Å². The predicted molar refractivity (Wildman–Crippen MR) is 38.7 cm³/mol. The monoisotopic (exact) mass is 125 g/mol. The molecule has 0 amide bonds. The van der Waals surface area contributed by atoms with Crippen molar-refractivity contribution >= 4 is 0 Å². The van der Waals surface area contributed by atoms with Crippen LogP contribution in [0.5, 0.6) is 0 Å². The molecule has 51 valence electrons. The molecule has 9 heavy (non-hydrogen) atoms. The fourth-order valence-corrected chi connectivity index (χ4v) is 0.569. The molecule has 0 aromatic carbocycles. The van der Waals surface area contributed by atoms with Gasteiger partial charge in [0.05, 0.1) is 0 Å². The predicted octanol–water partition coefficient (Wildman–Crippen LogP) is 2.33. The van der Waals surface area contributed by atoms with Crippen LogP contribution in [0.15, 0.2) is 24.8 Å². The zero-order chi connectivity index (χ0) is 7.11. The second-order valence-electron chi connectivity index (χ2n) is 2.08. The van der Waals surface area contributed by atoms with Crippen molar-refractivity contribution in [1.29, 1.82) is 0 Å². The summed E-state index contributed by atoms with van der Waals surface area (Å²) in [6.07, 6.45) is 4.72. The van der Waals surface area contributed by atoms with E-state index in [1.54, 1.807) is 0 Å². The minimum Gasteiger partial charge on any atom is -0.232 e. The van der Waals surface area contributed by atoms with Crippen LogP contribution in [0.2, 0.25) is 0 Å². The molecular formula is C8H13O. The van der Waals surface area contributed by atoms with Crippen LogP contribution in [0.3, 0.4) is 0 Å². The van der Waals surface area contributed by atoms with Crippen molar-refractivity contribution in [3.63, 3.8) is 0 Å². The summed E-state index contributed by atoms with van der Waals surface area (Å²) in [6, 6.07) is 0. The molecule has 0 fully saturated rings. The summed E-state index contributed by atoms with van der Waals surface area (Å²) in [4.78, 5) is 0. The number of unbranched alkanes of at least 4 members (excludes halogenated alkanes) is 1. The summed E-state index contributed by atoms with van der Waals surface area (Å²) in [5, 5.41) is 10.1. The van der Waals surface area contributed by atoms with Gasteiger partial charge in [0.1, 0.15) is 6.61 Å². The summed E-state index contributed by atoms with van der Waals surface area (Å²) in [5.74, 6) is 0. The van der Waals surface area contributed by atoms with Crippen LogP contribution >= 0.6 is 0 Å². The van der Waals surface area contributed by atoms with Gasteiger partial charge in [-0.25, -0.2) is 5.11 Å². The Morgan fingerprint density at radius 1 is 1.56 bits per heavy atom. The van der Waals surface area contributed by atoms with Gasteiger partial charge >= 0.3 is 0 Å². The smallest absolute Gasteiger partial charge is 0.103 e. The lowest BCUT2D eigenvalue weighted by atomic mass is 10.1. The molecule has 1 nitrogen and oxygen atoms in total. The summed E-state index contributed by atoms with van der Waals surface area (Å²) >= 11 is 0. The van der Waals surface area contributed by atoms with Gasteiger partial charge in [-0.3, -0.25) is 0 Å². The Morgan fingerprint density at radius 2 is 2.22 bits per heavy atom. The molecule has 1 radical (unpaired) electrons. The van der Waals surface area contributed by atoms with E-state index in [1.807, 2.05) is 6.08 Å². The first-order chi connectivity index (χ1) is 4.31. The highest BCUT2D eigenvalue weighted by molar-refractivity contribution is 4.93. The van der Waals surface area contributed by atoms with Gasteiger partial charge in [0.25, 0.3) is 0 Å². The lowest BCUT2D eigenvalue weighted by Gasteiger charge is -1.95. The number of hydrogen-bond donors (Lipinski definition) is 0. The normalized spacial score (nSPS) is 9.00. The number of hydrogen-bond acceptors (Lipinski definition) is 0. The van der Waals surface area contributed by atoms with Crippen LogP contribution in [-0.4, -0.2) is 6.61 Å². The standard InChI is InChI=1S/C8H13O/c1-3-4-5-6-8(2)7-9/h3H,1-2,4-7H2. The summed E-state index contributed by atoms with van der Waals surface area (Å²) < 4.78 is 0. The lowest BCUT2D eigenvalue weighted by Crippen LogP contribution is -1.85. The van der Waals surface area contributed by atoms with Crippen LogP contribution in [-0.2, 0) is 5.11 Å². The first kappa shape index (κ1) is 8.44. The third-order valence-electron chi connectivity index (χ3n) is 1.14. The average Bonchev–Trinajstić information content (AvgIpc) is 1.89. The molecule has 0 rings (SSSR count). The molecule has 0 atom stereocenters. The molecule has 0 aliphatic carbocycles. The average molecular weight is 125 g/mol. The molecule has 1 heteroatoms. The van der Waals surface area contributed by atoms with Gasteiger partial charge in [0.2, 0.25) is 0 Å². The van der Waals surface area contributed by atoms with E-state index < -0.39 is 0 Å². The third-order valence-corrected chi connectivity index (χ3v) is 1.14. The minimum atomic E-state index is -0.128. The van der Waals surface area contributed by atoms with Gasteiger partial charge in [-0.2, -0.15) is 0 Å². The van der Waals surface area contributed by atoms with Gasteiger partial charge < -0.3 is 0 Å². The van der Waals surface area contributed by atoms with E-state index in [4.69, 9.17) is 0 Å². The molecule has 0 bridgehead atoms. The van der Waals surface area contributed by atoms with Crippen molar-refractivity contribution in [3.05, 3.63) is 24.8 Å². The lowest BCUT2D eigenvalue weighted by molar-refractivity contribution is 0.220. The minimum absolute atomic E-state index is 0.128. The van der Waals surface area contributed by atoms with Crippen molar-refractivity contribution in [3.8, 4) is 0 Å². The largest absolute Gasteiger partial charge is 0.232 e. The third kappa shape index (κ3) is 5.31. The Hall–Kier alpha value is -0.560. The van der Waals surface area contributed by atoms with Gasteiger partial charge in [-0.05, 0) is 24.8 Å². The summed E-state index contributed by atoms with van der Waals surface area (Å²) in [6.45, 7) is 7.05. The van der Waals surface area contributed by atoms with E-state index in [2.05, 4.69) is 13.2 Å². The van der Waals surface area contributed by atoms with E-state index in [0.717, 1.165) is 24.8 Å². The Kier molecular flexibility index (Phi) is 5.23. The molecular weight excluding hydrogens is 112 g/mol. The van der Waals surface area contributed by atoms with E-state index in [9.17, 15) is 5.11 Å². The summed E-state index contributed by atoms with van der Waals surface area (Å²) in [7, 11) is 0. The molecule has 0 saturated carbocycles. The number of rotatable bonds is 5. The van der Waals surface area contributed by atoms with Crippen molar-refractivity contribution in [2.45, 2.75) is 19.3 Å². The zero-order valence-electron chi connectivity index (χ0n) is 5.73. The van der Waals surface area contributed by atoms with Gasteiger partial charge in [0.15, 0.2) is 0 Å². The Bertz CT molecular complexity index is 94.7. The molecule has 0 aliphatic rings. The Morgan fingerprint density at radius 3 is 2.67 bits per heavy atom.